The van der Waals surface area contributed by atoms with E-state index in [1.165, 1.54) is 0 Å². The van der Waals surface area contributed by atoms with Crippen molar-refractivity contribution in [3.63, 3.8) is 0 Å². The Hall–Kier alpha value is -2.57. The lowest BCUT2D eigenvalue weighted by Gasteiger charge is -2.36. The van der Waals surface area contributed by atoms with Crippen molar-refractivity contribution in [1.82, 2.24) is 15.5 Å². The van der Waals surface area contributed by atoms with E-state index in [1.807, 2.05) is 58.9 Å². The molecule has 0 saturated heterocycles. The van der Waals surface area contributed by atoms with Crippen molar-refractivity contribution in [3.8, 4) is 0 Å². The van der Waals surface area contributed by atoms with E-state index in [9.17, 15) is 14.4 Å². The minimum absolute atomic E-state index is 0.0752. The molecule has 7 heteroatoms. The van der Waals surface area contributed by atoms with Crippen LogP contribution in [0.4, 0.5) is 4.79 Å². The highest BCUT2D eigenvalue weighted by molar-refractivity contribution is 5.92. The van der Waals surface area contributed by atoms with Crippen molar-refractivity contribution in [1.29, 1.82) is 0 Å². The second-order valence-corrected chi connectivity index (χ2v) is 10.2. The monoisotopic (exact) mass is 475 g/mol. The molecule has 0 aliphatic heterocycles. The van der Waals surface area contributed by atoms with Crippen molar-refractivity contribution in [2.45, 2.75) is 105 Å². The van der Waals surface area contributed by atoms with E-state index in [2.05, 4.69) is 17.6 Å². The largest absolute Gasteiger partial charge is 0.444 e. The van der Waals surface area contributed by atoms with Gasteiger partial charge in [-0.1, -0.05) is 58.4 Å². The Bertz CT molecular complexity index is 799. The van der Waals surface area contributed by atoms with Gasteiger partial charge in [-0.05, 0) is 64.5 Å². The van der Waals surface area contributed by atoms with E-state index in [-0.39, 0.29) is 23.8 Å². The van der Waals surface area contributed by atoms with E-state index >= 15 is 0 Å². The smallest absolute Gasteiger partial charge is 0.408 e. The average molecular weight is 476 g/mol. The van der Waals surface area contributed by atoms with Crippen LogP contribution in [0, 0.1) is 5.92 Å². The number of rotatable bonds is 11. The van der Waals surface area contributed by atoms with Crippen molar-refractivity contribution in [2.75, 3.05) is 6.54 Å². The second kappa shape index (κ2) is 13.4. The zero-order chi connectivity index (χ0) is 26.1. The minimum atomic E-state index is -0.810. The first kappa shape index (κ1) is 29.5. The molecule has 0 bridgehead atoms. The molecule has 192 valence electrons. The topological polar surface area (TPSA) is 87.7 Å². The highest BCUT2D eigenvalue weighted by Crippen LogP contribution is 2.25. The lowest BCUT2D eigenvalue weighted by Crippen LogP contribution is -2.55. The van der Waals surface area contributed by atoms with Crippen LogP contribution in [0.1, 0.15) is 92.3 Å². The molecule has 3 unspecified atom stereocenters. The third kappa shape index (κ3) is 8.99. The summed E-state index contributed by atoms with van der Waals surface area (Å²) in [5.74, 6) is -0.664. The van der Waals surface area contributed by atoms with Gasteiger partial charge < -0.3 is 20.3 Å². The number of ether oxygens (including phenoxy) is 1. The van der Waals surface area contributed by atoms with Crippen LogP contribution in [-0.2, 0) is 20.7 Å². The number of carbonyl (C=O) groups is 3. The van der Waals surface area contributed by atoms with E-state index in [0.29, 0.717) is 19.4 Å². The van der Waals surface area contributed by atoms with Gasteiger partial charge >= 0.3 is 6.09 Å². The number of amides is 3. The Balaban J connectivity index is 3.44. The van der Waals surface area contributed by atoms with Gasteiger partial charge in [-0.3, -0.25) is 9.59 Å². The number of benzene rings is 1. The lowest BCUT2D eigenvalue weighted by atomic mass is 9.95. The maximum Gasteiger partial charge on any atom is 0.408 e. The molecule has 0 aliphatic carbocycles. The number of aryl methyl sites for hydroxylation is 1. The maximum absolute atomic E-state index is 13.9. The fraction of sp³-hybridized carbons (Fsp3) is 0.667. The molecule has 0 aliphatic rings. The minimum Gasteiger partial charge on any atom is -0.444 e. The van der Waals surface area contributed by atoms with Gasteiger partial charge in [-0.15, -0.1) is 0 Å². The fourth-order valence-electron chi connectivity index (χ4n) is 3.68. The molecule has 1 aromatic rings. The maximum atomic E-state index is 13.9. The van der Waals surface area contributed by atoms with Crippen LogP contribution in [0.25, 0.3) is 0 Å². The quantitative estimate of drug-likeness (QED) is 0.472. The Morgan fingerprint density at radius 3 is 2.00 bits per heavy atom. The van der Waals surface area contributed by atoms with Gasteiger partial charge in [0.15, 0.2) is 0 Å². The van der Waals surface area contributed by atoms with Crippen LogP contribution in [0.5, 0.6) is 0 Å². The van der Waals surface area contributed by atoms with Gasteiger partial charge in [0.05, 0.1) is 0 Å². The molecule has 34 heavy (non-hydrogen) atoms. The van der Waals surface area contributed by atoms with Crippen LogP contribution >= 0.6 is 0 Å². The molecule has 0 radical (unpaired) electrons. The first-order chi connectivity index (χ1) is 15.8. The predicted octanol–water partition coefficient (Wildman–Crippen LogP) is 4.99. The van der Waals surface area contributed by atoms with Crippen LogP contribution < -0.4 is 10.6 Å². The summed E-state index contributed by atoms with van der Waals surface area (Å²) in [7, 11) is 0. The molecule has 0 heterocycles. The van der Waals surface area contributed by atoms with Gasteiger partial charge in [0, 0.05) is 12.6 Å². The van der Waals surface area contributed by atoms with Crippen molar-refractivity contribution in [3.05, 3.63) is 35.4 Å². The van der Waals surface area contributed by atoms with Crippen molar-refractivity contribution >= 4 is 17.9 Å². The van der Waals surface area contributed by atoms with Crippen molar-refractivity contribution < 1.29 is 19.1 Å². The van der Waals surface area contributed by atoms with E-state index < -0.39 is 23.8 Å². The molecule has 2 N–H and O–H groups in total. The van der Waals surface area contributed by atoms with Crippen molar-refractivity contribution in [2.24, 2.45) is 5.92 Å². The third-order valence-corrected chi connectivity index (χ3v) is 5.59. The molecule has 0 fully saturated rings. The number of alkyl carbamates (subject to hydrolysis) is 1. The number of nitrogens with one attached hydrogen (secondary N) is 2. The lowest BCUT2D eigenvalue weighted by molar-refractivity contribution is -0.143. The van der Waals surface area contributed by atoms with Gasteiger partial charge in [0.2, 0.25) is 11.8 Å². The molecule has 0 spiro atoms. The standard InChI is InChI=1S/C27H45N3O4/c1-10-17-30(25(32)22(19(6)11-2)29-26(33)34-27(7,8)9)23(24(31)28-18(4)5)21-15-13-20(12-3)14-16-21/h13-16,18-19,22-23H,10-12,17H2,1-9H3,(H,28,31)(H,29,33). The first-order valence-corrected chi connectivity index (χ1v) is 12.5. The predicted molar refractivity (Wildman–Crippen MR) is 136 cm³/mol. The van der Waals surface area contributed by atoms with Gasteiger partial charge in [0.1, 0.15) is 17.7 Å². The number of carbonyl (C=O) groups excluding carboxylic acids is 3. The van der Waals surface area contributed by atoms with Crippen LogP contribution in [0.2, 0.25) is 0 Å². The second-order valence-electron chi connectivity index (χ2n) is 10.2. The van der Waals surface area contributed by atoms with Crippen LogP contribution in [0.3, 0.4) is 0 Å². The van der Waals surface area contributed by atoms with Gasteiger partial charge in [-0.25, -0.2) is 4.79 Å². The Kier molecular flexibility index (Phi) is 11.6. The van der Waals surface area contributed by atoms with E-state index in [0.717, 1.165) is 17.5 Å². The average Bonchev–Trinajstić information content (AvgIpc) is 2.74. The molecule has 1 rings (SSSR count). The molecule has 0 aromatic heterocycles. The summed E-state index contributed by atoms with van der Waals surface area (Å²) < 4.78 is 5.42. The fourth-order valence-corrected chi connectivity index (χ4v) is 3.68. The highest BCUT2D eigenvalue weighted by atomic mass is 16.6. The molecule has 3 atom stereocenters. The number of hydrogen-bond donors (Lipinski definition) is 2. The summed E-state index contributed by atoms with van der Waals surface area (Å²) in [4.78, 5) is 41.5. The summed E-state index contributed by atoms with van der Waals surface area (Å²) in [6, 6.07) is 6.13. The molecular formula is C27H45N3O4. The number of nitrogens with zero attached hydrogens (tertiary/aromatic N) is 1. The van der Waals surface area contributed by atoms with Crippen LogP contribution in [0.15, 0.2) is 24.3 Å². The third-order valence-electron chi connectivity index (χ3n) is 5.59. The Morgan fingerprint density at radius 2 is 1.56 bits per heavy atom. The summed E-state index contributed by atoms with van der Waals surface area (Å²) >= 11 is 0. The van der Waals surface area contributed by atoms with E-state index in [4.69, 9.17) is 4.74 Å². The Morgan fingerprint density at radius 1 is 0.971 bits per heavy atom. The molecule has 3 amide bonds. The summed E-state index contributed by atoms with van der Waals surface area (Å²) in [5.41, 5.74) is 1.22. The van der Waals surface area contributed by atoms with Gasteiger partial charge in [0.25, 0.3) is 0 Å². The summed E-state index contributed by atoms with van der Waals surface area (Å²) in [6.45, 7) is 17.4. The SMILES string of the molecule is CCCN(C(=O)C(NC(=O)OC(C)(C)C)C(C)CC)C(C(=O)NC(C)C)c1ccc(CC)cc1. The molecular weight excluding hydrogens is 430 g/mol. The van der Waals surface area contributed by atoms with Crippen LogP contribution in [-0.4, -0.2) is 47.0 Å². The molecule has 1 aromatic carbocycles. The Labute approximate surface area is 206 Å². The highest BCUT2D eigenvalue weighted by Gasteiger charge is 2.37. The summed E-state index contributed by atoms with van der Waals surface area (Å²) in [5, 5.41) is 5.76. The normalized spacial score (nSPS) is 14.2. The molecule has 0 saturated carbocycles. The zero-order valence-electron chi connectivity index (χ0n) is 22.5. The van der Waals surface area contributed by atoms with E-state index in [1.54, 1.807) is 25.7 Å². The summed E-state index contributed by atoms with van der Waals surface area (Å²) in [6.07, 6.45) is 1.60. The zero-order valence-corrected chi connectivity index (χ0v) is 22.5. The van der Waals surface area contributed by atoms with Gasteiger partial charge in [-0.2, -0.15) is 0 Å². The first-order valence-electron chi connectivity index (χ1n) is 12.5. The number of hydrogen-bond acceptors (Lipinski definition) is 4. The molecule has 7 nitrogen and oxygen atoms in total.